The van der Waals surface area contributed by atoms with E-state index in [1.165, 1.54) is 12.0 Å². The second-order valence-corrected chi connectivity index (χ2v) is 5.94. The van der Waals surface area contributed by atoms with Gasteiger partial charge < -0.3 is 9.73 Å². The quantitative estimate of drug-likeness (QED) is 0.692. The SMILES string of the molecule is CCCNCc1occc1CN(C)C(C)CC(C)C. The Morgan fingerprint density at radius 1 is 1.32 bits per heavy atom. The van der Waals surface area contributed by atoms with Gasteiger partial charge in [-0.2, -0.15) is 0 Å². The number of furan rings is 1. The van der Waals surface area contributed by atoms with Crippen LogP contribution >= 0.6 is 0 Å². The van der Waals surface area contributed by atoms with Crippen molar-refractivity contribution in [2.24, 2.45) is 5.92 Å². The third-order valence-electron chi connectivity index (χ3n) is 3.53. The van der Waals surface area contributed by atoms with Crippen molar-refractivity contribution in [3.05, 3.63) is 23.7 Å². The molecule has 0 spiro atoms. The zero-order valence-corrected chi connectivity index (χ0v) is 13.2. The minimum Gasteiger partial charge on any atom is -0.468 e. The van der Waals surface area contributed by atoms with Crippen molar-refractivity contribution in [1.29, 1.82) is 0 Å². The fraction of sp³-hybridized carbons (Fsp3) is 0.750. The van der Waals surface area contributed by atoms with E-state index in [4.69, 9.17) is 4.42 Å². The lowest BCUT2D eigenvalue weighted by atomic mass is 10.0. The van der Waals surface area contributed by atoms with Gasteiger partial charge >= 0.3 is 0 Å². The first-order valence-corrected chi connectivity index (χ1v) is 7.50. The summed E-state index contributed by atoms with van der Waals surface area (Å²) in [6, 6.07) is 2.70. The van der Waals surface area contributed by atoms with E-state index >= 15 is 0 Å². The molecule has 0 saturated carbocycles. The smallest absolute Gasteiger partial charge is 0.122 e. The molecule has 1 atom stereocenters. The van der Waals surface area contributed by atoms with Gasteiger partial charge in [0.2, 0.25) is 0 Å². The van der Waals surface area contributed by atoms with Gasteiger partial charge in [0.1, 0.15) is 5.76 Å². The molecule has 1 aromatic heterocycles. The Morgan fingerprint density at radius 3 is 2.68 bits per heavy atom. The van der Waals surface area contributed by atoms with Crippen molar-refractivity contribution < 1.29 is 4.42 Å². The highest BCUT2D eigenvalue weighted by Gasteiger charge is 2.14. The van der Waals surface area contributed by atoms with Gasteiger partial charge in [0, 0.05) is 18.2 Å². The maximum atomic E-state index is 5.58. The largest absolute Gasteiger partial charge is 0.468 e. The molecule has 0 aliphatic heterocycles. The topological polar surface area (TPSA) is 28.4 Å². The second kappa shape index (κ2) is 8.39. The highest BCUT2D eigenvalue weighted by molar-refractivity contribution is 5.16. The number of nitrogens with one attached hydrogen (secondary N) is 1. The number of hydrogen-bond acceptors (Lipinski definition) is 3. The Labute approximate surface area is 118 Å². The molecule has 19 heavy (non-hydrogen) atoms. The summed E-state index contributed by atoms with van der Waals surface area (Å²) in [5, 5.41) is 3.40. The van der Waals surface area contributed by atoms with Gasteiger partial charge in [0.15, 0.2) is 0 Å². The molecular weight excluding hydrogens is 236 g/mol. The van der Waals surface area contributed by atoms with Crippen molar-refractivity contribution in [1.82, 2.24) is 10.2 Å². The van der Waals surface area contributed by atoms with Gasteiger partial charge in [-0.3, -0.25) is 4.90 Å². The first kappa shape index (κ1) is 16.3. The monoisotopic (exact) mass is 266 g/mol. The van der Waals surface area contributed by atoms with Crippen LogP contribution in [0.1, 0.15) is 51.9 Å². The third-order valence-corrected chi connectivity index (χ3v) is 3.53. The van der Waals surface area contributed by atoms with Crippen molar-refractivity contribution in [2.45, 2.75) is 59.7 Å². The van der Waals surface area contributed by atoms with E-state index in [0.29, 0.717) is 6.04 Å². The Morgan fingerprint density at radius 2 is 2.05 bits per heavy atom. The van der Waals surface area contributed by atoms with Crippen molar-refractivity contribution in [3.8, 4) is 0 Å². The van der Waals surface area contributed by atoms with Gasteiger partial charge in [-0.15, -0.1) is 0 Å². The zero-order valence-electron chi connectivity index (χ0n) is 13.2. The lowest BCUT2D eigenvalue weighted by molar-refractivity contribution is 0.219. The van der Waals surface area contributed by atoms with E-state index in [1.807, 2.05) is 0 Å². The van der Waals surface area contributed by atoms with Crippen LogP contribution < -0.4 is 5.32 Å². The molecule has 3 nitrogen and oxygen atoms in total. The molecule has 0 fully saturated rings. The molecule has 1 rings (SSSR count). The first-order valence-electron chi connectivity index (χ1n) is 7.50. The summed E-state index contributed by atoms with van der Waals surface area (Å²) in [6.07, 6.45) is 4.19. The lowest BCUT2D eigenvalue weighted by Gasteiger charge is -2.26. The van der Waals surface area contributed by atoms with E-state index in [0.717, 1.165) is 37.7 Å². The average molecular weight is 266 g/mol. The molecule has 1 unspecified atom stereocenters. The van der Waals surface area contributed by atoms with Crippen LogP contribution in [0.3, 0.4) is 0 Å². The standard InChI is InChI=1S/C16H30N2O/c1-6-8-17-11-16-15(7-9-19-16)12-18(5)14(4)10-13(2)3/h7,9,13-14,17H,6,8,10-12H2,1-5H3. The summed E-state index contributed by atoms with van der Waals surface area (Å²) in [7, 11) is 2.20. The fourth-order valence-corrected chi connectivity index (χ4v) is 2.33. The van der Waals surface area contributed by atoms with Crippen LogP contribution in [0.4, 0.5) is 0 Å². The number of hydrogen-bond donors (Lipinski definition) is 1. The van der Waals surface area contributed by atoms with Crippen LogP contribution in [-0.4, -0.2) is 24.5 Å². The Bertz CT molecular complexity index is 346. The van der Waals surface area contributed by atoms with E-state index in [2.05, 4.69) is 51.0 Å². The highest BCUT2D eigenvalue weighted by Crippen LogP contribution is 2.16. The minimum atomic E-state index is 0.603. The Balaban J connectivity index is 2.49. The van der Waals surface area contributed by atoms with E-state index in [9.17, 15) is 0 Å². The van der Waals surface area contributed by atoms with Crippen LogP contribution in [0.2, 0.25) is 0 Å². The molecule has 1 aromatic rings. The number of rotatable bonds is 9. The molecule has 0 amide bonds. The Hall–Kier alpha value is -0.800. The molecule has 0 radical (unpaired) electrons. The maximum Gasteiger partial charge on any atom is 0.122 e. The summed E-state index contributed by atoms with van der Waals surface area (Å²) < 4.78 is 5.58. The fourth-order valence-electron chi connectivity index (χ4n) is 2.33. The first-order chi connectivity index (χ1) is 9.04. The second-order valence-electron chi connectivity index (χ2n) is 5.94. The van der Waals surface area contributed by atoms with Crippen LogP contribution in [0.15, 0.2) is 16.7 Å². The Kier molecular flexibility index (Phi) is 7.17. The molecule has 1 heterocycles. The molecule has 3 heteroatoms. The van der Waals surface area contributed by atoms with Crippen molar-refractivity contribution >= 4 is 0 Å². The van der Waals surface area contributed by atoms with Crippen LogP contribution in [0, 0.1) is 5.92 Å². The van der Waals surface area contributed by atoms with Gasteiger partial charge in [-0.1, -0.05) is 20.8 Å². The summed E-state index contributed by atoms with van der Waals surface area (Å²) in [4.78, 5) is 2.41. The predicted octanol–water partition coefficient (Wildman–Crippen LogP) is 3.65. The molecule has 0 aliphatic rings. The average Bonchev–Trinajstić information content (AvgIpc) is 2.76. The van der Waals surface area contributed by atoms with Gasteiger partial charge in [0.25, 0.3) is 0 Å². The molecule has 0 bridgehead atoms. The lowest BCUT2D eigenvalue weighted by Crippen LogP contribution is -2.30. The predicted molar refractivity (Wildman–Crippen MR) is 81.1 cm³/mol. The van der Waals surface area contributed by atoms with E-state index in [1.54, 1.807) is 6.26 Å². The van der Waals surface area contributed by atoms with E-state index in [-0.39, 0.29) is 0 Å². The summed E-state index contributed by atoms with van der Waals surface area (Å²) >= 11 is 0. The molecule has 110 valence electrons. The van der Waals surface area contributed by atoms with Crippen molar-refractivity contribution in [2.75, 3.05) is 13.6 Å². The highest BCUT2D eigenvalue weighted by atomic mass is 16.3. The molecular formula is C16H30N2O. The number of nitrogens with zero attached hydrogens (tertiary/aromatic N) is 1. The molecule has 0 saturated heterocycles. The van der Waals surface area contributed by atoms with Crippen LogP contribution in [0.25, 0.3) is 0 Å². The van der Waals surface area contributed by atoms with Gasteiger partial charge in [-0.05, 0) is 45.3 Å². The minimum absolute atomic E-state index is 0.603. The molecule has 0 aliphatic carbocycles. The summed E-state index contributed by atoms with van der Waals surface area (Å²) in [5.74, 6) is 1.82. The van der Waals surface area contributed by atoms with Crippen LogP contribution in [0.5, 0.6) is 0 Å². The maximum absolute atomic E-state index is 5.58. The van der Waals surface area contributed by atoms with Gasteiger partial charge in [0.05, 0.1) is 12.8 Å². The molecule has 1 N–H and O–H groups in total. The zero-order chi connectivity index (χ0) is 14.3. The van der Waals surface area contributed by atoms with E-state index < -0.39 is 0 Å². The van der Waals surface area contributed by atoms with Gasteiger partial charge in [-0.25, -0.2) is 0 Å². The molecule has 0 aromatic carbocycles. The normalized spacial score (nSPS) is 13.4. The third kappa shape index (κ3) is 5.79. The van der Waals surface area contributed by atoms with Crippen LogP contribution in [-0.2, 0) is 13.1 Å². The summed E-state index contributed by atoms with van der Waals surface area (Å²) in [6.45, 7) is 11.9. The summed E-state index contributed by atoms with van der Waals surface area (Å²) in [5.41, 5.74) is 1.31. The van der Waals surface area contributed by atoms with Crippen molar-refractivity contribution in [3.63, 3.8) is 0 Å².